The molecule has 22 heavy (non-hydrogen) atoms. The first-order valence-corrected chi connectivity index (χ1v) is 8.09. The van der Waals surface area contributed by atoms with Gasteiger partial charge in [0, 0.05) is 17.0 Å². The van der Waals surface area contributed by atoms with E-state index >= 15 is 0 Å². The van der Waals surface area contributed by atoms with Crippen molar-refractivity contribution >= 4 is 33.1 Å². The lowest BCUT2D eigenvalue weighted by atomic mass is 10.1. The molecule has 110 valence electrons. The maximum absolute atomic E-state index is 12.2. The van der Waals surface area contributed by atoms with Gasteiger partial charge in [0.1, 0.15) is 9.71 Å². The molecule has 0 atom stereocenters. The number of fused-ring (bicyclic) bond motifs is 1. The first-order chi connectivity index (χ1) is 10.7. The summed E-state index contributed by atoms with van der Waals surface area (Å²) in [5, 5.41) is 3.83. The third-order valence-electron chi connectivity index (χ3n) is 3.78. The quantitative estimate of drug-likeness (QED) is 0.779. The number of nitrogens with one attached hydrogen (secondary N) is 1. The maximum atomic E-state index is 12.2. The molecular weight excluding hydrogens is 294 g/mol. The first kappa shape index (κ1) is 13.3. The molecule has 3 N–H and O–H groups in total. The fraction of sp³-hybridized carbons (Fsp3) is 0.176. The molecule has 0 spiro atoms. The van der Waals surface area contributed by atoms with Crippen LogP contribution >= 0.6 is 11.3 Å². The Morgan fingerprint density at radius 3 is 2.68 bits per heavy atom. The first-order valence-electron chi connectivity index (χ1n) is 7.27. The molecule has 1 aromatic carbocycles. The van der Waals surface area contributed by atoms with Crippen molar-refractivity contribution in [3.63, 3.8) is 0 Å². The lowest BCUT2D eigenvalue weighted by Gasteiger charge is -2.01. The van der Waals surface area contributed by atoms with Crippen LogP contribution in [-0.2, 0) is 0 Å². The number of thiophene rings is 1. The summed E-state index contributed by atoms with van der Waals surface area (Å²) >= 11 is 1.36. The van der Waals surface area contributed by atoms with Gasteiger partial charge in [-0.2, -0.15) is 0 Å². The van der Waals surface area contributed by atoms with Crippen molar-refractivity contribution in [1.29, 1.82) is 0 Å². The molecule has 0 aliphatic heterocycles. The van der Waals surface area contributed by atoms with E-state index in [0.29, 0.717) is 16.6 Å². The second-order valence-electron chi connectivity index (χ2n) is 5.51. The number of amides is 1. The Labute approximate surface area is 132 Å². The van der Waals surface area contributed by atoms with Crippen LogP contribution in [0.25, 0.3) is 21.5 Å². The number of nitrogens with two attached hydrogens (primary N) is 1. The summed E-state index contributed by atoms with van der Waals surface area (Å²) in [5.74, 6) is -0.0794. The molecule has 4 nitrogen and oxygen atoms in total. The lowest BCUT2D eigenvalue weighted by molar-refractivity contribution is 0.0956. The summed E-state index contributed by atoms with van der Waals surface area (Å²) in [4.78, 5) is 18.3. The highest BCUT2D eigenvalue weighted by Crippen LogP contribution is 2.34. The number of hydrogen-bond acceptors (Lipinski definition) is 4. The molecule has 0 unspecified atom stereocenters. The van der Waals surface area contributed by atoms with Gasteiger partial charge in [-0.05, 0) is 25.0 Å². The van der Waals surface area contributed by atoms with Gasteiger partial charge in [0.05, 0.1) is 11.4 Å². The Morgan fingerprint density at radius 1 is 1.18 bits per heavy atom. The van der Waals surface area contributed by atoms with E-state index in [1.54, 1.807) is 0 Å². The molecular formula is C17H15N3OS. The smallest absolute Gasteiger partial charge is 0.263 e. The van der Waals surface area contributed by atoms with E-state index < -0.39 is 0 Å². The van der Waals surface area contributed by atoms with Gasteiger partial charge in [-0.1, -0.05) is 30.3 Å². The van der Waals surface area contributed by atoms with Gasteiger partial charge >= 0.3 is 0 Å². The summed E-state index contributed by atoms with van der Waals surface area (Å²) in [6.07, 6.45) is 2.12. The second kappa shape index (κ2) is 5.10. The van der Waals surface area contributed by atoms with Crippen LogP contribution < -0.4 is 11.1 Å². The minimum absolute atomic E-state index is 0.0794. The van der Waals surface area contributed by atoms with Crippen LogP contribution in [0.1, 0.15) is 22.5 Å². The average molecular weight is 309 g/mol. The summed E-state index contributed by atoms with van der Waals surface area (Å²) in [7, 11) is 0. The van der Waals surface area contributed by atoms with Gasteiger partial charge in [0.2, 0.25) is 0 Å². The Morgan fingerprint density at radius 2 is 1.95 bits per heavy atom. The maximum Gasteiger partial charge on any atom is 0.263 e. The largest absolute Gasteiger partial charge is 0.397 e. The van der Waals surface area contributed by atoms with Gasteiger partial charge in [-0.15, -0.1) is 11.3 Å². The van der Waals surface area contributed by atoms with Crippen LogP contribution in [0, 0.1) is 0 Å². The lowest BCUT2D eigenvalue weighted by Crippen LogP contribution is -2.25. The van der Waals surface area contributed by atoms with Crippen LogP contribution in [0.2, 0.25) is 0 Å². The SMILES string of the molecule is Nc1c(C(=O)NC2CC2)sc2nc(-c3ccccc3)ccc12. The third-order valence-corrected chi connectivity index (χ3v) is 4.90. The molecule has 2 heterocycles. The fourth-order valence-electron chi connectivity index (χ4n) is 2.41. The zero-order chi connectivity index (χ0) is 15.1. The Bertz CT molecular complexity index is 853. The number of nitrogens with zero attached hydrogens (tertiary/aromatic N) is 1. The summed E-state index contributed by atoms with van der Waals surface area (Å²) in [6.45, 7) is 0. The van der Waals surface area contributed by atoms with Crippen molar-refractivity contribution in [2.45, 2.75) is 18.9 Å². The third kappa shape index (κ3) is 2.33. The zero-order valence-electron chi connectivity index (χ0n) is 11.9. The van der Waals surface area contributed by atoms with Gasteiger partial charge in [-0.25, -0.2) is 4.98 Å². The Hall–Kier alpha value is -2.40. The number of carbonyl (C=O) groups is 1. The van der Waals surface area contributed by atoms with E-state index in [1.165, 1.54) is 11.3 Å². The minimum atomic E-state index is -0.0794. The summed E-state index contributed by atoms with van der Waals surface area (Å²) in [5.41, 5.74) is 8.62. The van der Waals surface area contributed by atoms with Crippen LogP contribution in [0.15, 0.2) is 42.5 Å². The van der Waals surface area contributed by atoms with E-state index in [2.05, 4.69) is 10.3 Å². The highest BCUT2D eigenvalue weighted by Gasteiger charge is 2.26. The molecule has 1 aliphatic carbocycles. The van der Waals surface area contributed by atoms with Gasteiger partial charge in [-0.3, -0.25) is 4.79 Å². The number of aromatic nitrogens is 1. The van der Waals surface area contributed by atoms with Gasteiger partial charge in [0.25, 0.3) is 5.91 Å². The second-order valence-corrected chi connectivity index (χ2v) is 6.51. The molecule has 0 saturated heterocycles. The van der Waals surface area contributed by atoms with Crippen molar-refractivity contribution in [3.8, 4) is 11.3 Å². The number of anilines is 1. The van der Waals surface area contributed by atoms with Gasteiger partial charge in [0.15, 0.2) is 0 Å². The monoisotopic (exact) mass is 309 g/mol. The van der Waals surface area contributed by atoms with E-state index in [1.807, 2.05) is 42.5 Å². The molecule has 0 radical (unpaired) electrons. The van der Waals surface area contributed by atoms with Crippen LogP contribution in [0.5, 0.6) is 0 Å². The predicted octanol–water partition coefficient (Wildman–Crippen LogP) is 3.44. The molecule has 1 fully saturated rings. The van der Waals surface area contributed by atoms with Crippen LogP contribution in [0.4, 0.5) is 5.69 Å². The molecule has 4 rings (SSSR count). The number of rotatable bonds is 3. The highest BCUT2D eigenvalue weighted by atomic mass is 32.1. The standard InChI is InChI=1S/C17H15N3OS/c18-14-12-8-9-13(10-4-2-1-3-5-10)20-17(12)22-15(14)16(21)19-11-6-7-11/h1-5,8-9,11H,6-7,18H2,(H,19,21). The van der Waals surface area contributed by atoms with Crippen molar-refractivity contribution < 1.29 is 4.79 Å². The van der Waals surface area contributed by atoms with E-state index in [0.717, 1.165) is 34.3 Å². The topological polar surface area (TPSA) is 68.0 Å². The normalized spacial score (nSPS) is 14.2. The van der Waals surface area contributed by atoms with Crippen LogP contribution in [0.3, 0.4) is 0 Å². The molecule has 1 saturated carbocycles. The molecule has 0 bridgehead atoms. The molecule has 3 aromatic rings. The minimum Gasteiger partial charge on any atom is -0.397 e. The summed E-state index contributed by atoms with van der Waals surface area (Å²) in [6, 6.07) is 14.2. The number of carbonyl (C=O) groups excluding carboxylic acids is 1. The molecule has 1 aliphatic rings. The van der Waals surface area contributed by atoms with E-state index in [4.69, 9.17) is 5.73 Å². The van der Waals surface area contributed by atoms with Crippen molar-refractivity contribution in [3.05, 3.63) is 47.3 Å². The fourth-order valence-corrected chi connectivity index (χ4v) is 3.41. The molecule has 5 heteroatoms. The Balaban J connectivity index is 1.75. The van der Waals surface area contributed by atoms with Crippen LogP contribution in [-0.4, -0.2) is 16.9 Å². The highest BCUT2D eigenvalue weighted by molar-refractivity contribution is 7.21. The van der Waals surface area contributed by atoms with Gasteiger partial charge < -0.3 is 11.1 Å². The predicted molar refractivity (Wildman–Crippen MR) is 90.0 cm³/mol. The Kier molecular flexibility index (Phi) is 3.08. The average Bonchev–Trinajstić information content (AvgIpc) is 3.30. The van der Waals surface area contributed by atoms with Crippen molar-refractivity contribution in [2.75, 3.05) is 5.73 Å². The van der Waals surface area contributed by atoms with Crippen molar-refractivity contribution in [1.82, 2.24) is 10.3 Å². The number of benzene rings is 1. The zero-order valence-corrected chi connectivity index (χ0v) is 12.7. The number of pyridine rings is 1. The molecule has 2 aromatic heterocycles. The summed E-state index contributed by atoms with van der Waals surface area (Å²) < 4.78 is 0. The number of hydrogen-bond donors (Lipinski definition) is 2. The van der Waals surface area contributed by atoms with E-state index in [-0.39, 0.29) is 5.91 Å². The van der Waals surface area contributed by atoms with E-state index in [9.17, 15) is 4.79 Å². The van der Waals surface area contributed by atoms with Crippen molar-refractivity contribution in [2.24, 2.45) is 0 Å². The number of nitrogen functional groups attached to an aromatic ring is 1. The molecule has 1 amide bonds.